The van der Waals surface area contributed by atoms with Crippen LogP contribution in [-0.2, 0) is 9.53 Å². The van der Waals surface area contributed by atoms with Crippen LogP contribution in [0.3, 0.4) is 0 Å². The lowest BCUT2D eigenvalue weighted by Crippen LogP contribution is -2.35. The second-order valence-corrected chi connectivity index (χ2v) is 8.24. The van der Waals surface area contributed by atoms with Gasteiger partial charge in [-0.3, -0.25) is 4.79 Å². The molecule has 0 unspecified atom stereocenters. The summed E-state index contributed by atoms with van der Waals surface area (Å²) in [5, 5.41) is 2.10. The second kappa shape index (κ2) is 11.4. The van der Waals surface area contributed by atoms with Gasteiger partial charge in [0.1, 0.15) is 0 Å². The van der Waals surface area contributed by atoms with Gasteiger partial charge in [-0.05, 0) is 49.2 Å². The second-order valence-electron chi connectivity index (χ2n) is 7.36. The number of methoxy groups -OCH3 is 3. The average Bonchev–Trinajstić information content (AvgIpc) is 2.85. The van der Waals surface area contributed by atoms with Gasteiger partial charge in [0, 0.05) is 27.4 Å². The number of anilines is 2. The topological polar surface area (TPSA) is 60.0 Å². The summed E-state index contributed by atoms with van der Waals surface area (Å²) in [6, 6.07) is 17.8. The summed E-state index contributed by atoms with van der Waals surface area (Å²) in [4.78, 5) is 14.9. The summed E-state index contributed by atoms with van der Waals surface area (Å²) in [7, 11) is 4.63. The summed E-state index contributed by atoms with van der Waals surface area (Å²) >= 11 is 1.49. The molecule has 33 heavy (non-hydrogen) atoms. The molecule has 0 radical (unpaired) electrons. The van der Waals surface area contributed by atoms with E-state index in [1.807, 2.05) is 49.4 Å². The van der Waals surface area contributed by atoms with E-state index >= 15 is 0 Å². The van der Waals surface area contributed by atoms with E-state index in [1.165, 1.54) is 19.1 Å². The van der Waals surface area contributed by atoms with Crippen molar-refractivity contribution in [3.8, 4) is 23.8 Å². The largest absolute Gasteiger partial charge is 0.493 e. The third kappa shape index (κ3) is 5.65. The summed E-state index contributed by atoms with van der Waals surface area (Å²) in [6.07, 6.45) is 5.91. The van der Waals surface area contributed by atoms with Crippen molar-refractivity contribution in [2.24, 2.45) is 0 Å². The van der Waals surface area contributed by atoms with Crippen molar-refractivity contribution in [3.63, 3.8) is 0 Å². The van der Waals surface area contributed by atoms with Crippen LogP contribution in [0.5, 0.6) is 11.5 Å². The number of hydrogen-bond donors (Lipinski definition) is 1. The van der Waals surface area contributed by atoms with Gasteiger partial charge < -0.3 is 23.8 Å². The predicted octanol–water partition coefficient (Wildman–Crippen LogP) is 5.37. The molecule has 0 amide bonds. The fourth-order valence-electron chi connectivity index (χ4n) is 3.63. The first-order valence-corrected chi connectivity index (χ1v) is 11.3. The Morgan fingerprint density at radius 3 is 2.45 bits per heavy atom. The molecule has 7 heteroatoms. The Hall–Kier alpha value is -3.50. The Balaban J connectivity index is 1.91. The molecule has 0 heterocycles. The number of nitrogens with one attached hydrogen (secondary N) is 1. The highest BCUT2D eigenvalue weighted by Gasteiger charge is 2.20. The van der Waals surface area contributed by atoms with Crippen LogP contribution < -0.4 is 19.1 Å². The molecule has 3 aromatic carbocycles. The maximum absolute atomic E-state index is 11.9. The normalized spacial score (nSPS) is 11.4. The molecular weight excluding hydrogens is 436 g/mol. The van der Waals surface area contributed by atoms with Crippen molar-refractivity contribution in [2.75, 3.05) is 37.5 Å². The van der Waals surface area contributed by atoms with E-state index in [0.29, 0.717) is 18.0 Å². The number of ether oxygens (including phenoxy) is 3. The number of carbonyl (C=O) groups excluding carboxylic acids is 1. The van der Waals surface area contributed by atoms with E-state index in [-0.39, 0.29) is 18.4 Å². The van der Waals surface area contributed by atoms with Gasteiger partial charge in [-0.15, -0.1) is 6.42 Å². The summed E-state index contributed by atoms with van der Waals surface area (Å²) in [6.45, 7) is 2.36. The summed E-state index contributed by atoms with van der Waals surface area (Å²) in [5.41, 5.74) is 1.94. The molecule has 1 N–H and O–H groups in total. The zero-order valence-corrected chi connectivity index (χ0v) is 20.1. The van der Waals surface area contributed by atoms with E-state index in [2.05, 4.69) is 27.7 Å². The van der Waals surface area contributed by atoms with Gasteiger partial charge >= 0.3 is 5.97 Å². The molecule has 3 rings (SSSR count). The Bertz CT molecular complexity index is 1160. The van der Waals surface area contributed by atoms with Crippen LogP contribution >= 0.6 is 11.9 Å². The molecule has 0 spiro atoms. The van der Waals surface area contributed by atoms with Crippen molar-refractivity contribution in [2.45, 2.75) is 24.3 Å². The Kier molecular flexibility index (Phi) is 8.34. The van der Waals surface area contributed by atoms with E-state index in [9.17, 15) is 4.79 Å². The maximum atomic E-state index is 11.9. The molecule has 0 fully saturated rings. The molecule has 0 aliphatic heterocycles. The zero-order chi connectivity index (χ0) is 23.8. The summed E-state index contributed by atoms with van der Waals surface area (Å²) < 4.78 is 19.0. The first kappa shape index (κ1) is 24.1. The number of fused-ring (bicyclic) bond motifs is 1. The first-order chi connectivity index (χ1) is 16.0. The van der Waals surface area contributed by atoms with Crippen LogP contribution in [0.1, 0.15) is 13.3 Å². The number of rotatable bonds is 10. The van der Waals surface area contributed by atoms with E-state index in [0.717, 1.165) is 27.0 Å². The number of carbonyl (C=O) groups is 1. The Morgan fingerprint density at radius 1 is 1.06 bits per heavy atom. The standard InChI is InChI=1S/C26H28N2O4S/c1-6-15-28(18(2)16-26(29)32-5)23-13-12-22(20-9-7-8-10-21(20)23)27-33-19-11-14-24(30-3)25(17-19)31-4/h1,7-14,17-18,27H,15-16H2,2-5H3/t18-/m0/s1. The summed E-state index contributed by atoms with van der Waals surface area (Å²) in [5.74, 6) is 3.81. The van der Waals surface area contributed by atoms with Gasteiger partial charge in [-0.1, -0.05) is 30.2 Å². The third-order valence-electron chi connectivity index (χ3n) is 5.33. The maximum Gasteiger partial charge on any atom is 0.307 e. The lowest BCUT2D eigenvalue weighted by Gasteiger charge is -2.30. The minimum absolute atomic E-state index is 0.114. The van der Waals surface area contributed by atoms with Gasteiger partial charge in [0.15, 0.2) is 11.5 Å². The lowest BCUT2D eigenvalue weighted by atomic mass is 10.0. The fraction of sp³-hybridized carbons (Fsp3) is 0.269. The molecule has 3 aromatic rings. The molecule has 0 saturated carbocycles. The van der Waals surface area contributed by atoms with Gasteiger partial charge in [-0.25, -0.2) is 0 Å². The molecular formula is C26H28N2O4S. The number of benzene rings is 3. The Labute approximate surface area is 199 Å². The van der Waals surface area contributed by atoms with Crippen LogP contribution in [0.2, 0.25) is 0 Å². The third-order valence-corrected chi connectivity index (χ3v) is 6.14. The molecule has 0 aromatic heterocycles. The van der Waals surface area contributed by atoms with Crippen LogP contribution in [-0.4, -0.2) is 39.9 Å². The Morgan fingerprint density at radius 2 is 1.79 bits per heavy atom. The van der Waals surface area contributed by atoms with Gasteiger partial charge in [0.2, 0.25) is 0 Å². The zero-order valence-electron chi connectivity index (χ0n) is 19.3. The highest BCUT2D eigenvalue weighted by atomic mass is 32.2. The number of terminal acetylenes is 1. The van der Waals surface area contributed by atoms with Crippen LogP contribution in [0.4, 0.5) is 11.4 Å². The minimum atomic E-state index is -0.265. The fourth-order valence-corrected chi connectivity index (χ4v) is 4.34. The molecule has 6 nitrogen and oxygen atoms in total. The van der Waals surface area contributed by atoms with Crippen molar-refractivity contribution in [1.82, 2.24) is 0 Å². The predicted molar refractivity (Wildman–Crippen MR) is 135 cm³/mol. The van der Waals surface area contributed by atoms with E-state index < -0.39 is 0 Å². The van der Waals surface area contributed by atoms with Crippen molar-refractivity contribution >= 4 is 40.1 Å². The van der Waals surface area contributed by atoms with E-state index in [4.69, 9.17) is 20.6 Å². The highest BCUT2D eigenvalue weighted by molar-refractivity contribution is 8.00. The smallest absolute Gasteiger partial charge is 0.307 e. The van der Waals surface area contributed by atoms with Gasteiger partial charge in [-0.2, -0.15) is 0 Å². The van der Waals surface area contributed by atoms with E-state index in [1.54, 1.807) is 14.2 Å². The van der Waals surface area contributed by atoms with Crippen molar-refractivity contribution < 1.29 is 19.0 Å². The quantitative estimate of drug-likeness (QED) is 0.246. The SMILES string of the molecule is C#CCN(c1ccc(NSc2ccc(OC)c(OC)c2)c2ccccc12)[C@@H](C)CC(=O)OC. The number of esters is 1. The molecule has 0 bridgehead atoms. The first-order valence-electron chi connectivity index (χ1n) is 10.5. The molecule has 0 aliphatic rings. The van der Waals surface area contributed by atoms with Crippen LogP contribution in [0.15, 0.2) is 59.5 Å². The molecule has 1 atom stereocenters. The van der Waals surface area contributed by atoms with Gasteiger partial charge in [0.25, 0.3) is 0 Å². The van der Waals surface area contributed by atoms with Gasteiger partial charge in [0.05, 0.1) is 40.0 Å². The van der Waals surface area contributed by atoms with Crippen LogP contribution in [0, 0.1) is 12.3 Å². The molecule has 0 aliphatic carbocycles. The monoisotopic (exact) mass is 464 g/mol. The molecule has 0 saturated heterocycles. The lowest BCUT2D eigenvalue weighted by molar-refractivity contribution is -0.140. The average molecular weight is 465 g/mol. The highest BCUT2D eigenvalue weighted by Crippen LogP contribution is 2.37. The number of hydrogen-bond acceptors (Lipinski definition) is 7. The number of nitrogens with zero attached hydrogens (tertiary/aromatic N) is 1. The molecule has 172 valence electrons. The van der Waals surface area contributed by atoms with Crippen molar-refractivity contribution in [1.29, 1.82) is 0 Å². The minimum Gasteiger partial charge on any atom is -0.493 e. The van der Waals surface area contributed by atoms with Crippen LogP contribution in [0.25, 0.3) is 10.8 Å². The van der Waals surface area contributed by atoms with Crippen molar-refractivity contribution in [3.05, 3.63) is 54.6 Å².